The minimum atomic E-state index is -0.0305. The van der Waals surface area contributed by atoms with Gasteiger partial charge in [0.1, 0.15) is 0 Å². The Morgan fingerprint density at radius 2 is 1.62 bits per heavy atom. The van der Waals surface area contributed by atoms with Gasteiger partial charge in [-0.25, -0.2) is 0 Å². The topological polar surface area (TPSA) is 32.3 Å². The van der Waals surface area contributed by atoms with E-state index in [0.717, 1.165) is 24.9 Å². The zero-order valence-electron chi connectivity index (χ0n) is 10.8. The van der Waals surface area contributed by atoms with E-state index in [9.17, 15) is 5.11 Å². The van der Waals surface area contributed by atoms with Crippen molar-refractivity contribution in [1.29, 1.82) is 0 Å². The first kappa shape index (κ1) is 12.4. The molecular weight excluding hydrogens is 198 g/mol. The Hall–Kier alpha value is -0.0800. The summed E-state index contributed by atoms with van der Waals surface area (Å²) >= 11 is 0. The van der Waals surface area contributed by atoms with Crippen molar-refractivity contribution in [3.05, 3.63) is 0 Å². The minimum absolute atomic E-state index is 0.0305. The second-order valence-corrected chi connectivity index (χ2v) is 6.11. The predicted molar refractivity (Wildman–Crippen MR) is 67.3 cm³/mol. The molecule has 0 aromatic heterocycles. The third-order valence-electron chi connectivity index (χ3n) is 4.99. The van der Waals surface area contributed by atoms with Crippen molar-refractivity contribution in [3.8, 4) is 0 Å². The molecule has 0 spiro atoms. The quantitative estimate of drug-likeness (QED) is 0.756. The summed E-state index contributed by atoms with van der Waals surface area (Å²) < 4.78 is 0. The Morgan fingerprint density at radius 3 is 2.25 bits per heavy atom. The SMILES string of the molecule is CC1CCC(C(O)C2CCNCC2)CC1C. The molecule has 0 bridgehead atoms. The number of hydrogen-bond donors (Lipinski definition) is 2. The molecule has 1 aliphatic carbocycles. The van der Waals surface area contributed by atoms with Crippen LogP contribution in [0.15, 0.2) is 0 Å². The lowest BCUT2D eigenvalue weighted by Gasteiger charge is -2.38. The van der Waals surface area contributed by atoms with Crippen LogP contribution in [0.2, 0.25) is 0 Å². The molecule has 1 heterocycles. The van der Waals surface area contributed by atoms with E-state index >= 15 is 0 Å². The second-order valence-electron chi connectivity index (χ2n) is 6.11. The molecule has 0 radical (unpaired) electrons. The summed E-state index contributed by atoms with van der Waals surface area (Å²) in [7, 11) is 0. The van der Waals surface area contributed by atoms with Crippen LogP contribution in [-0.4, -0.2) is 24.3 Å². The largest absolute Gasteiger partial charge is 0.393 e. The Bertz CT molecular complexity index is 213. The molecule has 16 heavy (non-hydrogen) atoms. The van der Waals surface area contributed by atoms with Gasteiger partial charge >= 0.3 is 0 Å². The van der Waals surface area contributed by atoms with E-state index in [-0.39, 0.29) is 6.10 Å². The monoisotopic (exact) mass is 225 g/mol. The van der Waals surface area contributed by atoms with E-state index in [0.29, 0.717) is 11.8 Å². The van der Waals surface area contributed by atoms with Crippen LogP contribution in [0, 0.1) is 23.7 Å². The maximum Gasteiger partial charge on any atom is 0.0597 e. The molecule has 1 saturated heterocycles. The number of hydrogen-bond acceptors (Lipinski definition) is 2. The summed E-state index contributed by atoms with van der Waals surface area (Å²) in [4.78, 5) is 0. The molecular formula is C14H27NO. The predicted octanol–water partition coefficient (Wildman–Crippen LogP) is 2.42. The van der Waals surface area contributed by atoms with Crippen LogP contribution in [0.1, 0.15) is 46.0 Å². The first-order valence-electron chi connectivity index (χ1n) is 7.07. The van der Waals surface area contributed by atoms with E-state index in [2.05, 4.69) is 19.2 Å². The molecule has 94 valence electrons. The van der Waals surface area contributed by atoms with Crippen molar-refractivity contribution in [2.24, 2.45) is 23.7 Å². The van der Waals surface area contributed by atoms with Crippen molar-refractivity contribution >= 4 is 0 Å². The number of piperidine rings is 1. The highest BCUT2D eigenvalue weighted by atomic mass is 16.3. The Balaban J connectivity index is 1.86. The Morgan fingerprint density at radius 1 is 0.938 bits per heavy atom. The van der Waals surface area contributed by atoms with Gasteiger partial charge in [-0.3, -0.25) is 0 Å². The standard InChI is InChI=1S/C14H27NO/c1-10-3-4-13(9-11(10)2)14(16)12-5-7-15-8-6-12/h10-16H,3-9H2,1-2H3. The van der Waals surface area contributed by atoms with Crippen LogP contribution < -0.4 is 5.32 Å². The lowest BCUT2D eigenvalue weighted by Crippen LogP contribution is -2.39. The van der Waals surface area contributed by atoms with E-state index in [4.69, 9.17) is 0 Å². The van der Waals surface area contributed by atoms with Crippen LogP contribution >= 0.6 is 0 Å². The highest BCUT2D eigenvalue weighted by Crippen LogP contribution is 2.37. The summed E-state index contributed by atoms with van der Waals surface area (Å²) in [6, 6.07) is 0. The number of rotatable bonds is 2. The molecule has 2 fully saturated rings. The van der Waals surface area contributed by atoms with Gasteiger partial charge in [-0.05, 0) is 62.4 Å². The first-order chi connectivity index (χ1) is 7.68. The normalized spacial score (nSPS) is 39.6. The van der Waals surface area contributed by atoms with Crippen molar-refractivity contribution in [3.63, 3.8) is 0 Å². The molecule has 1 aliphatic heterocycles. The zero-order valence-corrected chi connectivity index (χ0v) is 10.8. The third-order valence-corrected chi connectivity index (χ3v) is 4.99. The van der Waals surface area contributed by atoms with Crippen LogP contribution in [0.3, 0.4) is 0 Å². The van der Waals surface area contributed by atoms with E-state index < -0.39 is 0 Å². The molecule has 0 aromatic rings. The highest BCUT2D eigenvalue weighted by molar-refractivity contribution is 4.85. The zero-order chi connectivity index (χ0) is 11.5. The van der Waals surface area contributed by atoms with Gasteiger partial charge in [-0.1, -0.05) is 20.3 Å². The van der Waals surface area contributed by atoms with Crippen LogP contribution in [0.25, 0.3) is 0 Å². The van der Waals surface area contributed by atoms with Crippen LogP contribution in [-0.2, 0) is 0 Å². The number of nitrogens with one attached hydrogen (secondary N) is 1. The fourth-order valence-corrected chi connectivity index (χ4v) is 3.47. The summed E-state index contributed by atoms with van der Waals surface area (Å²) in [5.41, 5.74) is 0. The van der Waals surface area contributed by atoms with Crippen LogP contribution in [0.5, 0.6) is 0 Å². The molecule has 2 aliphatic rings. The molecule has 2 nitrogen and oxygen atoms in total. The summed E-state index contributed by atoms with van der Waals surface area (Å²) in [5, 5.41) is 13.9. The van der Waals surface area contributed by atoms with E-state index in [1.54, 1.807) is 0 Å². The van der Waals surface area contributed by atoms with Crippen molar-refractivity contribution < 1.29 is 5.11 Å². The van der Waals surface area contributed by atoms with Gasteiger partial charge in [0.05, 0.1) is 6.10 Å². The fourth-order valence-electron chi connectivity index (χ4n) is 3.47. The van der Waals surface area contributed by atoms with Crippen molar-refractivity contribution in [2.45, 2.75) is 52.1 Å². The lowest BCUT2D eigenvalue weighted by molar-refractivity contribution is 0.00425. The summed E-state index contributed by atoms with van der Waals surface area (Å²) in [5.74, 6) is 2.80. The maximum atomic E-state index is 10.5. The number of aliphatic hydroxyl groups is 1. The minimum Gasteiger partial charge on any atom is -0.393 e. The Labute approximate surface area is 99.8 Å². The van der Waals surface area contributed by atoms with E-state index in [1.165, 1.54) is 32.1 Å². The molecule has 4 atom stereocenters. The summed E-state index contributed by atoms with van der Waals surface area (Å²) in [6.45, 7) is 6.91. The second kappa shape index (κ2) is 5.50. The van der Waals surface area contributed by atoms with Crippen molar-refractivity contribution in [1.82, 2.24) is 5.32 Å². The van der Waals surface area contributed by atoms with Gasteiger partial charge in [0.2, 0.25) is 0 Å². The van der Waals surface area contributed by atoms with Gasteiger partial charge in [0.15, 0.2) is 0 Å². The molecule has 1 saturated carbocycles. The number of aliphatic hydroxyl groups excluding tert-OH is 1. The van der Waals surface area contributed by atoms with Gasteiger partial charge in [0, 0.05) is 0 Å². The lowest BCUT2D eigenvalue weighted by atomic mass is 9.71. The van der Waals surface area contributed by atoms with Gasteiger partial charge in [0.25, 0.3) is 0 Å². The van der Waals surface area contributed by atoms with Crippen LogP contribution in [0.4, 0.5) is 0 Å². The van der Waals surface area contributed by atoms with Crippen molar-refractivity contribution in [2.75, 3.05) is 13.1 Å². The maximum absolute atomic E-state index is 10.5. The average molecular weight is 225 g/mol. The molecule has 2 heteroatoms. The van der Waals surface area contributed by atoms with Gasteiger partial charge in [-0.15, -0.1) is 0 Å². The van der Waals surface area contributed by atoms with E-state index in [1.807, 2.05) is 0 Å². The highest BCUT2D eigenvalue weighted by Gasteiger charge is 2.33. The summed E-state index contributed by atoms with van der Waals surface area (Å²) in [6.07, 6.45) is 6.11. The molecule has 4 unspecified atom stereocenters. The Kier molecular flexibility index (Phi) is 4.26. The molecule has 2 N–H and O–H groups in total. The smallest absolute Gasteiger partial charge is 0.0597 e. The molecule has 0 amide bonds. The average Bonchev–Trinajstić information content (AvgIpc) is 2.33. The fraction of sp³-hybridized carbons (Fsp3) is 1.00. The molecule has 0 aromatic carbocycles. The third kappa shape index (κ3) is 2.78. The molecule has 2 rings (SSSR count). The van der Waals surface area contributed by atoms with Gasteiger partial charge < -0.3 is 10.4 Å². The van der Waals surface area contributed by atoms with Gasteiger partial charge in [-0.2, -0.15) is 0 Å². The first-order valence-corrected chi connectivity index (χ1v) is 7.07.